The fourth-order valence-corrected chi connectivity index (χ4v) is 2.81. The highest BCUT2D eigenvalue weighted by Gasteiger charge is 2.32. The van der Waals surface area contributed by atoms with Crippen LogP contribution in [0.1, 0.15) is 48.8 Å². The molecule has 7 heteroatoms. The minimum absolute atomic E-state index is 0.0340. The monoisotopic (exact) mass is 305 g/mol. The summed E-state index contributed by atoms with van der Waals surface area (Å²) in [7, 11) is 1.95. The Morgan fingerprint density at radius 3 is 3.05 bits per heavy atom. The molecule has 7 nitrogen and oxygen atoms in total. The average Bonchev–Trinajstić information content (AvgIpc) is 3.20. The largest absolute Gasteiger partial charge is 0.372 e. The van der Waals surface area contributed by atoms with Gasteiger partial charge in [0.15, 0.2) is 5.82 Å². The van der Waals surface area contributed by atoms with Crippen molar-refractivity contribution < 1.29 is 9.26 Å². The molecule has 2 atom stereocenters. The summed E-state index contributed by atoms with van der Waals surface area (Å²) in [4.78, 5) is 4.38. The minimum atomic E-state index is 0.0340. The standard InChI is InChI=1S/C15H23N5O2/c1-4-5-13-18-14(22-19-13)9-16-12-6-7-21-15(12)11-8-17-20(3)10(11)2/h8,12,15-16H,4-7,9H2,1-3H3/t12-,15+/m0/s1. The van der Waals surface area contributed by atoms with Crippen molar-refractivity contribution in [1.29, 1.82) is 0 Å². The Balaban J connectivity index is 1.62. The summed E-state index contributed by atoms with van der Waals surface area (Å²) >= 11 is 0. The lowest BCUT2D eigenvalue weighted by Gasteiger charge is -2.19. The number of aromatic nitrogens is 4. The zero-order chi connectivity index (χ0) is 15.5. The summed E-state index contributed by atoms with van der Waals surface area (Å²) < 4.78 is 13.0. The molecule has 2 aromatic heterocycles. The molecular weight excluding hydrogens is 282 g/mol. The maximum atomic E-state index is 5.90. The fraction of sp³-hybridized carbons (Fsp3) is 0.667. The lowest BCUT2D eigenvalue weighted by Crippen LogP contribution is -2.31. The van der Waals surface area contributed by atoms with Gasteiger partial charge in [-0.2, -0.15) is 10.1 Å². The molecular formula is C15H23N5O2. The molecule has 2 aromatic rings. The molecule has 0 unspecified atom stereocenters. The van der Waals surface area contributed by atoms with Crippen molar-refractivity contribution in [2.75, 3.05) is 6.61 Å². The van der Waals surface area contributed by atoms with Crippen molar-refractivity contribution in [2.24, 2.45) is 7.05 Å². The molecule has 0 aliphatic carbocycles. The van der Waals surface area contributed by atoms with Crippen LogP contribution in [0.5, 0.6) is 0 Å². The summed E-state index contributed by atoms with van der Waals surface area (Å²) in [5, 5.41) is 11.8. The van der Waals surface area contributed by atoms with Gasteiger partial charge in [-0.25, -0.2) is 0 Å². The van der Waals surface area contributed by atoms with Gasteiger partial charge in [-0.05, 0) is 19.8 Å². The van der Waals surface area contributed by atoms with Crippen molar-refractivity contribution in [3.05, 3.63) is 29.2 Å². The molecule has 1 saturated heterocycles. The molecule has 120 valence electrons. The number of hydrogen-bond donors (Lipinski definition) is 1. The van der Waals surface area contributed by atoms with Crippen molar-refractivity contribution in [3.63, 3.8) is 0 Å². The highest BCUT2D eigenvalue weighted by molar-refractivity contribution is 5.21. The van der Waals surface area contributed by atoms with E-state index in [0.717, 1.165) is 43.0 Å². The molecule has 1 N–H and O–H groups in total. The Hall–Kier alpha value is -1.73. The number of rotatable bonds is 6. The molecule has 0 spiro atoms. The molecule has 3 rings (SSSR count). The van der Waals surface area contributed by atoms with E-state index in [1.807, 2.05) is 17.9 Å². The van der Waals surface area contributed by atoms with Gasteiger partial charge in [-0.1, -0.05) is 12.1 Å². The van der Waals surface area contributed by atoms with Crippen LogP contribution >= 0.6 is 0 Å². The Labute approximate surface area is 130 Å². The van der Waals surface area contributed by atoms with E-state index in [0.29, 0.717) is 12.4 Å². The van der Waals surface area contributed by atoms with Crippen LogP contribution in [0.25, 0.3) is 0 Å². The second kappa shape index (κ2) is 6.58. The van der Waals surface area contributed by atoms with E-state index in [4.69, 9.17) is 9.26 Å². The maximum absolute atomic E-state index is 5.90. The van der Waals surface area contributed by atoms with Crippen LogP contribution in [0.4, 0.5) is 0 Å². The van der Waals surface area contributed by atoms with E-state index in [1.54, 1.807) is 0 Å². The first kappa shape index (κ1) is 15.2. The number of hydrogen-bond acceptors (Lipinski definition) is 6. The molecule has 1 aliphatic heterocycles. The summed E-state index contributed by atoms with van der Waals surface area (Å²) in [5.74, 6) is 1.42. The van der Waals surface area contributed by atoms with Gasteiger partial charge in [0, 0.05) is 37.4 Å². The summed E-state index contributed by atoms with van der Waals surface area (Å²) in [6.45, 7) is 5.49. The van der Waals surface area contributed by atoms with Gasteiger partial charge in [0.1, 0.15) is 6.10 Å². The first-order valence-electron chi connectivity index (χ1n) is 7.84. The SMILES string of the molecule is CCCc1noc(CN[C@H]2CCO[C@@H]2c2cnn(C)c2C)n1. The Bertz CT molecular complexity index is 621. The topological polar surface area (TPSA) is 78.0 Å². The van der Waals surface area contributed by atoms with E-state index in [2.05, 4.69) is 34.4 Å². The van der Waals surface area contributed by atoms with E-state index in [9.17, 15) is 0 Å². The molecule has 0 amide bonds. The molecule has 22 heavy (non-hydrogen) atoms. The Morgan fingerprint density at radius 2 is 2.32 bits per heavy atom. The summed E-state index contributed by atoms with van der Waals surface area (Å²) in [6.07, 6.45) is 4.77. The third-order valence-electron chi connectivity index (χ3n) is 4.17. The highest BCUT2D eigenvalue weighted by atomic mass is 16.5. The van der Waals surface area contributed by atoms with Crippen LogP contribution in [0.2, 0.25) is 0 Å². The van der Waals surface area contributed by atoms with Crippen LogP contribution in [0.3, 0.4) is 0 Å². The van der Waals surface area contributed by atoms with Gasteiger partial charge in [-0.15, -0.1) is 0 Å². The molecule has 3 heterocycles. The molecule has 1 fully saturated rings. The molecule has 0 saturated carbocycles. The third kappa shape index (κ3) is 3.05. The van der Waals surface area contributed by atoms with Crippen molar-refractivity contribution in [2.45, 2.75) is 51.8 Å². The number of aryl methyl sites for hydroxylation is 2. The Kier molecular flexibility index (Phi) is 4.54. The second-order valence-electron chi connectivity index (χ2n) is 5.73. The average molecular weight is 305 g/mol. The normalized spacial score (nSPS) is 21.6. The van der Waals surface area contributed by atoms with Crippen LogP contribution in [-0.4, -0.2) is 32.6 Å². The lowest BCUT2D eigenvalue weighted by molar-refractivity contribution is 0.0973. The van der Waals surface area contributed by atoms with Crippen LogP contribution in [0.15, 0.2) is 10.7 Å². The molecule has 0 aromatic carbocycles. The van der Waals surface area contributed by atoms with Crippen LogP contribution in [-0.2, 0) is 24.8 Å². The second-order valence-corrected chi connectivity index (χ2v) is 5.73. The number of nitrogens with zero attached hydrogens (tertiary/aromatic N) is 4. The van der Waals surface area contributed by atoms with Gasteiger partial charge in [0.25, 0.3) is 0 Å². The van der Waals surface area contributed by atoms with E-state index < -0.39 is 0 Å². The van der Waals surface area contributed by atoms with Crippen molar-refractivity contribution in [1.82, 2.24) is 25.2 Å². The highest BCUT2D eigenvalue weighted by Crippen LogP contribution is 2.31. The van der Waals surface area contributed by atoms with Crippen molar-refractivity contribution in [3.8, 4) is 0 Å². The molecule has 1 aliphatic rings. The summed E-state index contributed by atoms with van der Waals surface area (Å²) in [5.41, 5.74) is 2.29. The zero-order valence-corrected chi connectivity index (χ0v) is 13.4. The van der Waals surface area contributed by atoms with Crippen LogP contribution < -0.4 is 5.32 Å². The quantitative estimate of drug-likeness (QED) is 0.875. The van der Waals surface area contributed by atoms with E-state index >= 15 is 0 Å². The minimum Gasteiger partial charge on any atom is -0.372 e. The fourth-order valence-electron chi connectivity index (χ4n) is 2.81. The zero-order valence-electron chi connectivity index (χ0n) is 13.4. The Morgan fingerprint density at radius 1 is 1.45 bits per heavy atom. The van der Waals surface area contributed by atoms with Gasteiger partial charge < -0.3 is 14.6 Å². The predicted molar refractivity (Wildman–Crippen MR) is 80.2 cm³/mol. The van der Waals surface area contributed by atoms with Gasteiger partial charge in [-0.3, -0.25) is 4.68 Å². The first-order valence-corrected chi connectivity index (χ1v) is 7.84. The molecule has 0 radical (unpaired) electrons. The van der Waals surface area contributed by atoms with E-state index in [1.165, 1.54) is 0 Å². The number of ether oxygens (including phenoxy) is 1. The van der Waals surface area contributed by atoms with Gasteiger partial charge in [0.05, 0.1) is 12.7 Å². The summed E-state index contributed by atoms with van der Waals surface area (Å²) in [6, 6.07) is 0.240. The maximum Gasteiger partial charge on any atom is 0.240 e. The third-order valence-corrected chi connectivity index (χ3v) is 4.17. The van der Waals surface area contributed by atoms with E-state index in [-0.39, 0.29) is 12.1 Å². The number of nitrogens with one attached hydrogen (secondary N) is 1. The molecule has 0 bridgehead atoms. The first-order chi connectivity index (χ1) is 10.7. The van der Waals surface area contributed by atoms with Crippen LogP contribution in [0, 0.1) is 6.92 Å². The van der Waals surface area contributed by atoms with Gasteiger partial charge >= 0.3 is 0 Å². The smallest absolute Gasteiger partial charge is 0.240 e. The van der Waals surface area contributed by atoms with Gasteiger partial charge in [0.2, 0.25) is 5.89 Å². The predicted octanol–water partition coefficient (Wildman–Crippen LogP) is 1.68. The lowest BCUT2D eigenvalue weighted by atomic mass is 10.0. The van der Waals surface area contributed by atoms with Crippen molar-refractivity contribution >= 4 is 0 Å².